The third-order valence-corrected chi connectivity index (χ3v) is 5.08. The van der Waals surface area contributed by atoms with Gasteiger partial charge in [-0.3, -0.25) is 9.59 Å². The molecule has 6 heteroatoms. The van der Waals surface area contributed by atoms with Gasteiger partial charge in [-0.05, 0) is 42.2 Å². The van der Waals surface area contributed by atoms with Crippen molar-refractivity contribution in [3.05, 3.63) is 83.4 Å². The quantitative estimate of drug-likeness (QED) is 0.395. The summed E-state index contributed by atoms with van der Waals surface area (Å²) in [6.07, 6.45) is 1.31. The molecule has 32 heavy (non-hydrogen) atoms. The van der Waals surface area contributed by atoms with Crippen LogP contribution in [0.25, 0.3) is 0 Å². The topological polar surface area (TPSA) is 71.1 Å². The molecule has 0 aromatic heterocycles. The van der Waals surface area contributed by atoms with E-state index in [2.05, 4.69) is 0 Å². The zero-order valence-corrected chi connectivity index (χ0v) is 18.0. The number of hydrogen-bond acceptors (Lipinski definition) is 6. The van der Waals surface area contributed by atoms with Gasteiger partial charge in [-0.25, -0.2) is 0 Å². The van der Waals surface area contributed by atoms with Gasteiger partial charge in [-0.15, -0.1) is 0 Å². The Hall–Kier alpha value is -3.80. The molecule has 0 aliphatic carbocycles. The summed E-state index contributed by atoms with van der Waals surface area (Å²) in [4.78, 5) is 22.7. The highest BCUT2D eigenvalue weighted by atomic mass is 16.5. The van der Waals surface area contributed by atoms with Crippen LogP contribution in [0.5, 0.6) is 23.0 Å². The normalized spacial score (nSPS) is 14.6. The van der Waals surface area contributed by atoms with E-state index in [9.17, 15) is 9.59 Å². The Morgan fingerprint density at radius 2 is 1.59 bits per heavy atom. The zero-order valence-electron chi connectivity index (χ0n) is 18.0. The van der Waals surface area contributed by atoms with Crippen LogP contribution in [0.15, 0.2) is 66.7 Å². The van der Waals surface area contributed by atoms with E-state index in [-0.39, 0.29) is 12.1 Å². The fourth-order valence-corrected chi connectivity index (χ4v) is 3.67. The second-order valence-electron chi connectivity index (χ2n) is 7.58. The van der Waals surface area contributed by atoms with Crippen molar-refractivity contribution in [2.24, 2.45) is 0 Å². The number of benzene rings is 3. The molecule has 1 unspecified atom stereocenters. The maximum atomic E-state index is 11.4. The minimum absolute atomic E-state index is 0.257. The molecule has 3 aromatic rings. The average Bonchev–Trinajstić information content (AvgIpc) is 2.77. The molecule has 0 bridgehead atoms. The first-order chi connectivity index (χ1) is 15.5. The molecular formula is C26H24O6. The molecule has 1 aliphatic heterocycles. The highest BCUT2D eigenvalue weighted by molar-refractivity contribution is 5.70. The van der Waals surface area contributed by atoms with Gasteiger partial charge in [0.2, 0.25) is 0 Å². The Bertz CT molecular complexity index is 1120. The molecule has 0 fully saturated rings. The molecule has 0 N–H and O–H groups in total. The fraction of sp³-hybridized carbons (Fsp3) is 0.231. The molecule has 3 aromatic carbocycles. The Labute approximate surface area is 186 Å². The number of carbonyl (C=O) groups is 2. The van der Waals surface area contributed by atoms with Crippen molar-refractivity contribution >= 4 is 11.9 Å². The summed E-state index contributed by atoms with van der Waals surface area (Å²) in [6.45, 7) is 3.10. The minimum atomic E-state index is -0.396. The number of esters is 2. The standard InChI is InChI=1S/C26H24O6/c1-17(27)30-21-10-8-20-9-13-24(32-25(20)14-21)23-12-11-22(31-18(2)28)15-26(23)29-16-19-6-4-3-5-7-19/h3-8,10-12,14-15,24H,9,13,16H2,1-2H3. The summed E-state index contributed by atoms with van der Waals surface area (Å²) >= 11 is 0. The summed E-state index contributed by atoms with van der Waals surface area (Å²) in [5.41, 5.74) is 2.94. The van der Waals surface area contributed by atoms with Crippen molar-refractivity contribution in [3.63, 3.8) is 0 Å². The van der Waals surface area contributed by atoms with E-state index in [1.54, 1.807) is 24.3 Å². The molecule has 6 nitrogen and oxygen atoms in total. The first kappa shape index (κ1) is 21.4. The predicted octanol–water partition coefficient (Wildman–Crippen LogP) is 5.18. The monoisotopic (exact) mass is 432 g/mol. The molecule has 1 heterocycles. The zero-order chi connectivity index (χ0) is 22.5. The lowest BCUT2D eigenvalue weighted by molar-refractivity contribution is -0.132. The number of hydrogen-bond donors (Lipinski definition) is 0. The number of aryl methyl sites for hydroxylation is 1. The highest BCUT2D eigenvalue weighted by Gasteiger charge is 2.25. The molecule has 4 rings (SSSR count). The van der Waals surface area contributed by atoms with E-state index in [1.807, 2.05) is 42.5 Å². The third-order valence-electron chi connectivity index (χ3n) is 5.08. The summed E-state index contributed by atoms with van der Waals surface area (Å²) in [5, 5.41) is 0. The minimum Gasteiger partial charge on any atom is -0.488 e. The lowest BCUT2D eigenvalue weighted by Gasteiger charge is -2.28. The summed E-state index contributed by atoms with van der Waals surface area (Å²) < 4.78 is 22.8. The van der Waals surface area contributed by atoms with Crippen LogP contribution in [0.3, 0.4) is 0 Å². The maximum Gasteiger partial charge on any atom is 0.308 e. The number of carbonyl (C=O) groups excluding carboxylic acids is 2. The van der Waals surface area contributed by atoms with Gasteiger partial charge in [-0.2, -0.15) is 0 Å². The van der Waals surface area contributed by atoms with Crippen molar-refractivity contribution in [1.29, 1.82) is 0 Å². The van der Waals surface area contributed by atoms with Gasteiger partial charge in [0, 0.05) is 31.5 Å². The van der Waals surface area contributed by atoms with Crippen molar-refractivity contribution in [2.45, 2.75) is 39.4 Å². The van der Waals surface area contributed by atoms with Gasteiger partial charge in [0.25, 0.3) is 0 Å². The highest BCUT2D eigenvalue weighted by Crippen LogP contribution is 2.41. The Morgan fingerprint density at radius 1 is 0.906 bits per heavy atom. The fourth-order valence-electron chi connectivity index (χ4n) is 3.67. The van der Waals surface area contributed by atoms with E-state index < -0.39 is 5.97 Å². The summed E-state index contributed by atoms with van der Waals surface area (Å²) in [7, 11) is 0. The van der Waals surface area contributed by atoms with Crippen molar-refractivity contribution in [1.82, 2.24) is 0 Å². The maximum absolute atomic E-state index is 11.4. The van der Waals surface area contributed by atoms with Gasteiger partial charge in [0.05, 0.1) is 0 Å². The average molecular weight is 432 g/mol. The van der Waals surface area contributed by atoms with Crippen LogP contribution in [0, 0.1) is 0 Å². The van der Waals surface area contributed by atoms with E-state index >= 15 is 0 Å². The lowest BCUT2D eigenvalue weighted by Crippen LogP contribution is -2.16. The van der Waals surface area contributed by atoms with E-state index in [1.165, 1.54) is 13.8 Å². The molecule has 0 amide bonds. The van der Waals surface area contributed by atoms with Gasteiger partial charge in [-0.1, -0.05) is 36.4 Å². The van der Waals surface area contributed by atoms with Crippen LogP contribution in [0.1, 0.15) is 43.1 Å². The van der Waals surface area contributed by atoms with Gasteiger partial charge in [0.1, 0.15) is 35.7 Å². The van der Waals surface area contributed by atoms with Crippen molar-refractivity contribution < 1.29 is 28.5 Å². The van der Waals surface area contributed by atoms with Gasteiger partial charge in [0.15, 0.2) is 0 Å². The van der Waals surface area contributed by atoms with E-state index in [0.29, 0.717) is 29.6 Å². The lowest BCUT2D eigenvalue weighted by atomic mass is 9.96. The molecule has 1 atom stereocenters. The molecule has 164 valence electrons. The first-order valence-corrected chi connectivity index (χ1v) is 10.4. The Balaban J connectivity index is 1.60. The second kappa shape index (κ2) is 9.56. The Kier molecular flexibility index (Phi) is 6.40. The van der Waals surface area contributed by atoms with Crippen LogP contribution in [-0.4, -0.2) is 11.9 Å². The molecular weight excluding hydrogens is 408 g/mol. The third kappa shape index (κ3) is 5.27. The molecule has 0 spiro atoms. The number of ether oxygens (including phenoxy) is 4. The molecule has 0 radical (unpaired) electrons. The first-order valence-electron chi connectivity index (χ1n) is 10.4. The van der Waals surface area contributed by atoms with Crippen LogP contribution in [-0.2, 0) is 22.6 Å². The van der Waals surface area contributed by atoms with Crippen molar-refractivity contribution in [3.8, 4) is 23.0 Å². The van der Waals surface area contributed by atoms with E-state index in [0.717, 1.165) is 29.5 Å². The molecule has 0 saturated carbocycles. The summed E-state index contributed by atoms with van der Waals surface area (Å²) in [5.74, 6) is 1.36. The van der Waals surface area contributed by atoms with Crippen LogP contribution in [0.2, 0.25) is 0 Å². The van der Waals surface area contributed by atoms with Crippen LogP contribution >= 0.6 is 0 Å². The number of rotatable bonds is 6. The van der Waals surface area contributed by atoms with Crippen molar-refractivity contribution in [2.75, 3.05) is 0 Å². The molecule has 0 saturated heterocycles. The van der Waals surface area contributed by atoms with Crippen LogP contribution in [0.4, 0.5) is 0 Å². The number of fused-ring (bicyclic) bond motifs is 1. The van der Waals surface area contributed by atoms with Gasteiger partial charge >= 0.3 is 11.9 Å². The van der Waals surface area contributed by atoms with E-state index in [4.69, 9.17) is 18.9 Å². The summed E-state index contributed by atoms with van der Waals surface area (Å²) in [6, 6.07) is 20.6. The van der Waals surface area contributed by atoms with Crippen LogP contribution < -0.4 is 18.9 Å². The smallest absolute Gasteiger partial charge is 0.308 e. The predicted molar refractivity (Wildman–Crippen MR) is 118 cm³/mol. The van der Waals surface area contributed by atoms with Gasteiger partial charge < -0.3 is 18.9 Å². The Morgan fingerprint density at radius 3 is 2.31 bits per heavy atom. The SMILES string of the molecule is CC(=O)Oc1ccc2c(c1)OC(c1ccc(OC(C)=O)cc1OCc1ccccc1)CC2. The molecule has 1 aliphatic rings. The largest absolute Gasteiger partial charge is 0.488 e. The second-order valence-corrected chi connectivity index (χ2v) is 7.58.